The molecule has 1 fully saturated rings. The van der Waals surface area contributed by atoms with Crippen molar-refractivity contribution in [2.45, 2.75) is 51.5 Å². The van der Waals surface area contributed by atoms with Gasteiger partial charge in [-0.3, -0.25) is 0 Å². The molecular weight excluding hydrogens is 260 g/mol. The van der Waals surface area contributed by atoms with E-state index in [9.17, 15) is 14.7 Å². The van der Waals surface area contributed by atoms with Crippen molar-refractivity contribution in [2.24, 2.45) is 5.41 Å². The zero-order valence-electron chi connectivity index (χ0n) is 12.6. The molecular formula is C14H26N2O4. The van der Waals surface area contributed by atoms with E-state index in [0.717, 1.165) is 19.3 Å². The number of urea groups is 1. The lowest BCUT2D eigenvalue weighted by Gasteiger charge is -2.28. The van der Waals surface area contributed by atoms with Crippen LogP contribution in [0, 0.1) is 5.41 Å². The lowest BCUT2D eigenvalue weighted by atomic mass is 9.93. The fourth-order valence-electron chi connectivity index (χ4n) is 2.32. The molecule has 0 atom stereocenters. The number of hydrogen-bond donors (Lipinski definition) is 3. The molecule has 6 heteroatoms. The number of methoxy groups -OCH3 is 1. The fraction of sp³-hybridized carbons (Fsp3) is 0.857. The maximum Gasteiger partial charge on any atom is 0.329 e. The van der Waals surface area contributed by atoms with Crippen molar-refractivity contribution in [2.75, 3.05) is 20.3 Å². The summed E-state index contributed by atoms with van der Waals surface area (Å²) in [4.78, 5) is 23.2. The van der Waals surface area contributed by atoms with Gasteiger partial charge in [0, 0.05) is 20.3 Å². The lowest BCUT2D eigenvalue weighted by Crippen LogP contribution is -2.57. The highest BCUT2D eigenvalue weighted by Gasteiger charge is 2.43. The Morgan fingerprint density at radius 1 is 1.30 bits per heavy atom. The maximum absolute atomic E-state index is 11.9. The Kier molecular flexibility index (Phi) is 5.80. The molecule has 116 valence electrons. The van der Waals surface area contributed by atoms with Crippen LogP contribution in [0.5, 0.6) is 0 Å². The van der Waals surface area contributed by atoms with Gasteiger partial charge in [0.25, 0.3) is 0 Å². The third-order valence-electron chi connectivity index (χ3n) is 4.39. The zero-order chi connectivity index (χ0) is 15.2. The van der Waals surface area contributed by atoms with E-state index in [2.05, 4.69) is 10.6 Å². The fourth-order valence-corrected chi connectivity index (χ4v) is 2.32. The van der Waals surface area contributed by atoms with Crippen LogP contribution in [-0.2, 0) is 9.53 Å². The molecule has 1 rings (SSSR count). The van der Waals surface area contributed by atoms with Crippen molar-refractivity contribution >= 4 is 12.0 Å². The summed E-state index contributed by atoms with van der Waals surface area (Å²) in [6, 6.07) is -0.403. The minimum Gasteiger partial charge on any atom is -0.480 e. The van der Waals surface area contributed by atoms with Gasteiger partial charge in [0.1, 0.15) is 5.54 Å². The third kappa shape index (κ3) is 4.10. The average Bonchev–Trinajstić information content (AvgIpc) is 3.21. The normalized spacial score (nSPS) is 16.6. The first-order valence-corrected chi connectivity index (χ1v) is 7.22. The van der Waals surface area contributed by atoms with Gasteiger partial charge < -0.3 is 20.5 Å². The minimum atomic E-state index is -1.17. The first-order valence-electron chi connectivity index (χ1n) is 7.22. The van der Waals surface area contributed by atoms with E-state index >= 15 is 0 Å². The van der Waals surface area contributed by atoms with Crippen LogP contribution in [0.3, 0.4) is 0 Å². The van der Waals surface area contributed by atoms with Crippen LogP contribution in [0.25, 0.3) is 0 Å². The van der Waals surface area contributed by atoms with Gasteiger partial charge in [-0.1, -0.05) is 13.8 Å². The maximum atomic E-state index is 11.9. The number of amides is 2. The van der Waals surface area contributed by atoms with Crippen LogP contribution in [0.1, 0.15) is 46.0 Å². The number of hydrogen-bond acceptors (Lipinski definition) is 3. The molecule has 0 aliphatic heterocycles. The molecule has 0 bridgehead atoms. The standard InChI is InChI=1S/C14H26N2O4/c1-4-14(5-2,11(17)18)16-12(19)15-10-13(6-7-13)8-9-20-3/h4-10H2,1-3H3,(H,17,18)(H2,15,16,19). The van der Waals surface area contributed by atoms with Crippen LogP contribution in [0.15, 0.2) is 0 Å². The van der Waals surface area contributed by atoms with Crippen LogP contribution in [-0.4, -0.2) is 42.9 Å². The average molecular weight is 286 g/mol. The molecule has 0 spiro atoms. The largest absolute Gasteiger partial charge is 0.480 e. The summed E-state index contributed by atoms with van der Waals surface area (Å²) in [5, 5.41) is 14.7. The van der Waals surface area contributed by atoms with Crippen molar-refractivity contribution < 1.29 is 19.4 Å². The van der Waals surface area contributed by atoms with Gasteiger partial charge in [0.15, 0.2) is 0 Å². The molecule has 0 saturated heterocycles. The molecule has 0 aromatic heterocycles. The monoisotopic (exact) mass is 286 g/mol. The first-order chi connectivity index (χ1) is 9.43. The molecule has 0 unspecified atom stereocenters. The second kappa shape index (κ2) is 6.92. The van der Waals surface area contributed by atoms with Gasteiger partial charge in [0.2, 0.25) is 0 Å². The van der Waals surface area contributed by atoms with E-state index in [1.807, 2.05) is 0 Å². The number of carboxylic acid groups (broad SMARTS) is 1. The van der Waals surface area contributed by atoms with E-state index in [-0.39, 0.29) is 5.41 Å². The topological polar surface area (TPSA) is 87.7 Å². The predicted octanol–water partition coefficient (Wildman–Crippen LogP) is 1.75. The number of aliphatic carboxylic acids is 1. The molecule has 6 nitrogen and oxygen atoms in total. The second-order valence-corrected chi connectivity index (χ2v) is 5.64. The van der Waals surface area contributed by atoms with Crippen LogP contribution in [0.2, 0.25) is 0 Å². The molecule has 1 aliphatic rings. The van der Waals surface area contributed by atoms with E-state index in [1.165, 1.54) is 0 Å². The third-order valence-corrected chi connectivity index (χ3v) is 4.39. The molecule has 0 radical (unpaired) electrons. The van der Waals surface area contributed by atoms with Crippen molar-refractivity contribution in [1.82, 2.24) is 10.6 Å². The van der Waals surface area contributed by atoms with Crippen molar-refractivity contribution in [3.63, 3.8) is 0 Å². The number of rotatable bonds is 9. The summed E-state index contributed by atoms with van der Waals surface area (Å²) in [7, 11) is 1.67. The SMILES string of the molecule is CCC(CC)(NC(=O)NCC1(CCOC)CC1)C(=O)O. The molecule has 3 N–H and O–H groups in total. The minimum absolute atomic E-state index is 0.150. The predicted molar refractivity (Wildman–Crippen MR) is 75.6 cm³/mol. The van der Waals surface area contributed by atoms with Crippen molar-refractivity contribution in [1.29, 1.82) is 0 Å². The smallest absolute Gasteiger partial charge is 0.329 e. The van der Waals surface area contributed by atoms with Gasteiger partial charge in [-0.15, -0.1) is 0 Å². The molecule has 0 heterocycles. The van der Waals surface area contributed by atoms with E-state index < -0.39 is 17.5 Å². The van der Waals surface area contributed by atoms with Gasteiger partial charge in [-0.05, 0) is 37.5 Å². The Balaban J connectivity index is 2.45. The number of ether oxygens (including phenoxy) is 1. The van der Waals surface area contributed by atoms with Gasteiger partial charge in [-0.25, -0.2) is 9.59 Å². The number of carboxylic acids is 1. The van der Waals surface area contributed by atoms with E-state index in [4.69, 9.17) is 4.74 Å². The van der Waals surface area contributed by atoms with Gasteiger partial charge in [0.05, 0.1) is 0 Å². The van der Waals surface area contributed by atoms with Crippen molar-refractivity contribution in [3.05, 3.63) is 0 Å². The number of carbonyl (C=O) groups excluding carboxylic acids is 1. The first kappa shape index (κ1) is 16.8. The van der Waals surface area contributed by atoms with Crippen molar-refractivity contribution in [3.8, 4) is 0 Å². The summed E-state index contributed by atoms with van der Waals surface area (Å²) in [5.74, 6) is -0.988. The molecule has 0 aromatic carbocycles. The Labute approximate surface area is 120 Å². The highest BCUT2D eigenvalue weighted by molar-refractivity contribution is 5.86. The van der Waals surface area contributed by atoms with Gasteiger partial charge >= 0.3 is 12.0 Å². The van der Waals surface area contributed by atoms with Crippen LogP contribution >= 0.6 is 0 Å². The highest BCUT2D eigenvalue weighted by Crippen LogP contribution is 2.48. The number of carbonyl (C=O) groups is 2. The lowest BCUT2D eigenvalue weighted by molar-refractivity contribution is -0.144. The van der Waals surface area contributed by atoms with Gasteiger partial charge in [-0.2, -0.15) is 0 Å². The quantitative estimate of drug-likeness (QED) is 0.602. The molecule has 1 saturated carbocycles. The Morgan fingerprint density at radius 2 is 1.90 bits per heavy atom. The van der Waals surface area contributed by atoms with E-state index in [0.29, 0.717) is 26.0 Å². The Morgan fingerprint density at radius 3 is 2.30 bits per heavy atom. The highest BCUT2D eigenvalue weighted by atomic mass is 16.5. The summed E-state index contributed by atoms with van der Waals surface area (Å²) in [5.41, 5.74) is -1.02. The summed E-state index contributed by atoms with van der Waals surface area (Å²) < 4.78 is 5.07. The van der Waals surface area contributed by atoms with Crippen LogP contribution < -0.4 is 10.6 Å². The Bertz CT molecular complexity index is 349. The van der Waals surface area contributed by atoms with E-state index in [1.54, 1.807) is 21.0 Å². The summed E-state index contributed by atoms with van der Waals surface area (Å²) in [6.07, 6.45) is 3.82. The number of nitrogens with one attached hydrogen (secondary N) is 2. The zero-order valence-corrected chi connectivity index (χ0v) is 12.6. The Hall–Kier alpha value is -1.30. The molecule has 2 amide bonds. The summed E-state index contributed by atoms with van der Waals surface area (Å²) in [6.45, 7) is 4.79. The summed E-state index contributed by atoms with van der Waals surface area (Å²) >= 11 is 0. The molecule has 0 aromatic rings. The second-order valence-electron chi connectivity index (χ2n) is 5.64. The molecule has 20 heavy (non-hydrogen) atoms. The van der Waals surface area contributed by atoms with Crippen LogP contribution in [0.4, 0.5) is 4.79 Å². The molecule has 1 aliphatic carbocycles.